The smallest absolute Gasteiger partial charge is 0.129 e. The van der Waals surface area contributed by atoms with Crippen molar-refractivity contribution in [3.05, 3.63) is 35.1 Å². The lowest BCUT2D eigenvalue weighted by Gasteiger charge is -2.07. The van der Waals surface area contributed by atoms with E-state index in [1.165, 1.54) is 6.07 Å². The molecular formula is C14H21FN2O2. The van der Waals surface area contributed by atoms with E-state index >= 15 is 0 Å². The standard InChI is InChI=1S/C14H21FN2O2/c1-2-3-6-18-7-8-19-10-12-5-4-11(14(16)17)9-13(12)15/h4-5,9H,2-3,6-8,10H2,1H3,(H3,16,17). The molecule has 19 heavy (non-hydrogen) atoms. The van der Waals surface area contributed by atoms with Crippen LogP contribution in [0.5, 0.6) is 0 Å². The number of amidine groups is 1. The first kappa shape index (κ1) is 15.6. The zero-order chi connectivity index (χ0) is 14.1. The molecule has 0 fully saturated rings. The third-order valence-electron chi connectivity index (χ3n) is 2.64. The quantitative estimate of drug-likeness (QED) is 0.410. The maximum Gasteiger partial charge on any atom is 0.129 e. The summed E-state index contributed by atoms with van der Waals surface area (Å²) in [7, 11) is 0. The van der Waals surface area contributed by atoms with Crippen LogP contribution in [0.4, 0.5) is 4.39 Å². The number of ether oxygens (including phenoxy) is 2. The Labute approximate surface area is 113 Å². The fourth-order valence-electron chi connectivity index (χ4n) is 1.48. The molecule has 0 heterocycles. The molecule has 3 N–H and O–H groups in total. The number of unbranched alkanes of at least 4 members (excludes halogenated alkanes) is 1. The van der Waals surface area contributed by atoms with E-state index in [-0.39, 0.29) is 12.4 Å². The van der Waals surface area contributed by atoms with Crippen molar-refractivity contribution in [2.24, 2.45) is 5.73 Å². The molecule has 0 atom stereocenters. The summed E-state index contributed by atoms with van der Waals surface area (Å²) in [5, 5.41) is 7.21. The fraction of sp³-hybridized carbons (Fsp3) is 0.500. The second-order valence-corrected chi connectivity index (χ2v) is 4.24. The molecule has 0 saturated carbocycles. The average molecular weight is 268 g/mol. The Hall–Kier alpha value is -1.46. The van der Waals surface area contributed by atoms with E-state index < -0.39 is 5.82 Å². The Morgan fingerprint density at radius 1 is 1.26 bits per heavy atom. The van der Waals surface area contributed by atoms with Crippen molar-refractivity contribution in [3.8, 4) is 0 Å². The third kappa shape index (κ3) is 5.81. The number of rotatable bonds is 9. The lowest BCUT2D eigenvalue weighted by molar-refractivity contribution is 0.0388. The summed E-state index contributed by atoms with van der Waals surface area (Å²) in [6, 6.07) is 4.45. The highest BCUT2D eigenvalue weighted by Crippen LogP contribution is 2.11. The van der Waals surface area contributed by atoms with Gasteiger partial charge in [-0.25, -0.2) is 4.39 Å². The summed E-state index contributed by atoms with van der Waals surface area (Å²) >= 11 is 0. The van der Waals surface area contributed by atoms with Crippen molar-refractivity contribution in [2.75, 3.05) is 19.8 Å². The van der Waals surface area contributed by atoms with Crippen LogP contribution in [0.3, 0.4) is 0 Å². The van der Waals surface area contributed by atoms with Gasteiger partial charge in [0.05, 0.1) is 19.8 Å². The van der Waals surface area contributed by atoms with Gasteiger partial charge in [-0.3, -0.25) is 5.41 Å². The molecule has 0 aliphatic rings. The highest BCUT2D eigenvalue weighted by molar-refractivity contribution is 5.94. The van der Waals surface area contributed by atoms with Crippen molar-refractivity contribution in [1.82, 2.24) is 0 Å². The Kier molecular flexibility index (Phi) is 7.07. The monoisotopic (exact) mass is 268 g/mol. The molecule has 0 amide bonds. The van der Waals surface area contributed by atoms with Crippen molar-refractivity contribution in [3.63, 3.8) is 0 Å². The molecule has 1 aromatic rings. The van der Waals surface area contributed by atoms with Crippen LogP contribution in [-0.2, 0) is 16.1 Å². The SMILES string of the molecule is CCCCOCCOCc1ccc(C(=N)N)cc1F. The molecule has 106 valence electrons. The minimum Gasteiger partial charge on any atom is -0.384 e. The fourth-order valence-corrected chi connectivity index (χ4v) is 1.48. The van der Waals surface area contributed by atoms with Gasteiger partial charge in [0.1, 0.15) is 11.7 Å². The molecule has 1 aromatic carbocycles. The molecule has 0 radical (unpaired) electrons. The molecule has 5 heteroatoms. The number of benzene rings is 1. The van der Waals surface area contributed by atoms with Crippen molar-refractivity contribution in [2.45, 2.75) is 26.4 Å². The number of hydrogen-bond donors (Lipinski definition) is 2. The normalized spacial score (nSPS) is 10.6. The van der Waals surface area contributed by atoms with Gasteiger partial charge in [0, 0.05) is 17.7 Å². The predicted octanol–water partition coefficient (Wildman–Crippen LogP) is 2.44. The van der Waals surface area contributed by atoms with E-state index in [0.717, 1.165) is 19.4 Å². The highest BCUT2D eigenvalue weighted by Gasteiger charge is 2.05. The van der Waals surface area contributed by atoms with Crippen LogP contribution in [0.2, 0.25) is 0 Å². The van der Waals surface area contributed by atoms with E-state index in [9.17, 15) is 4.39 Å². The zero-order valence-electron chi connectivity index (χ0n) is 11.2. The maximum absolute atomic E-state index is 13.6. The number of nitrogens with one attached hydrogen (secondary N) is 1. The average Bonchev–Trinajstić information content (AvgIpc) is 2.39. The van der Waals surface area contributed by atoms with Crippen molar-refractivity contribution in [1.29, 1.82) is 5.41 Å². The molecule has 0 spiro atoms. The molecule has 0 saturated heterocycles. The molecule has 4 nitrogen and oxygen atoms in total. The van der Waals surface area contributed by atoms with Gasteiger partial charge >= 0.3 is 0 Å². The molecule has 0 bridgehead atoms. The topological polar surface area (TPSA) is 68.3 Å². The van der Waals surface area contributed by atoms with E-state index in [4.69, 9.17) is 20.6 Å². The van der Waals surface area contributed by atoms with Crippen molar-refractivity contribution >= 4 is 5.84 Å². The number of nitrogens with two attached hydrogens (primary N) is 1. The zero-order valence-corrected chi connectivity index (χ0v) is 11.2. The molecule has 0 aliphatic heterocycles. The van der Waals surface area contributed by atoms with Crippen molar-refractivity contribution < 1.29 is 13.9 Å². The van der Waals surface area contributed by atoms with E-state index in [2.05, 4.69) is 6.92 Å². The van der Waals surface area contributed by atoms with Gasteiger partial charge in [0.25, 0.3) is 0 Å². The summed E-state index contributed by atoms with van der Waals surface area (Å²) in [4.78, 5) is 0. The maximum atomic E-state index is 13.6. The minimum absolute atomic E-state index is 0.143. The number of halogens is 1. The lowest BCUT2D eigenvalue weighted by atomic mass is 10.1. The van der Waals surface area contributed by atoms with Crippen LogP contribution in [-0.4, -0.2) is 25.7 Å². The second-order valence-electron chi connectivity index (χ2n) is 4.24. The highest BCUT2D eigenvalue weighted by atomic mass is 19.1. The molecule has 0 unspecified atom stereocenters. The third-order valence-corrected chi connectivity index (χ3v) is 2.64. The minimum atomic E-state index is -0.403. The van der Waals surface area contributed by atoms with Gasteiger partial charge in [0.15, 0.2) is 0 Å². The first-order chi connectivity index (χ1) is 9.15. The van der Waals surface area contributed by atoms with Gasteiger partial charge in [-0.1, -0.05) is 25.5 Å². The molecular weight excluding hydrogens is 247 g/mol. The predicted molar refractivity (Wildman–Crippen MR) is 72.8 cm³/mol. The van der Waals surface area contributed by atoms with Gasteiger partial charge in [0.2, 0.25) is 0 Å². The Morgan fingerprint density at radius 3 is 2.63 bits per heavy atom. The summed E-state index contributed by atoms with van der Waals surface area (Å²) in [5.74, 6) is -0.546. The Bertz CT molecular complexity index is 410. The second kappa shape index (κ2) is 8.61. The molecule has 1 rings (SSSR count). The summed E-state index contributed by atoms with van der Waals surface area (Å²) < 4.78 is 24.3. The van der Waals surface area contributed by atoms with E-state index in [1.54, 1.807) is 12.1 Å². The van der Waals surface area contributed by atoms with E-state index in [1.807, 2.05) is 0 Å². The summed E-state index contributed by atoms with van der Waals surface area (Å²) in [6.07, 6.45) is 2.15. The Morgan fingerprint density at radius 2 is 2.00 bits per heavy atom. The van der Waals surface area contributed by atoms with Crippen LogP contribution in [0, 0.1) is 11.2 Å². The van der Waals surface area contributed by atoms with E-state index in [0.29, 0.717) is 24.3 Å². The summed E-state index contributed by atoms with van der Waals surface area (Å²) in [6.45, 7) is 4.00. The van der Waals surface area contributed by atoms with Gasteiger partial charge in [-0.2, -0.15) is 0 Å². The first-order valence-corrected chi connectivity index (χ1v) is 6.43. The van der Waals surface area contributed by atoms with Crippen LogP contribution >= 0.6 is 0 Å². The van der Waals surface area contributed by atoms with Crippen LogP contribution in [0.15, 0.2) is 18.2 Å². The largest absolute Gasteiger partial charge is 0.384 e. The molecule has 0 aliphatic carbocycles. The van der Waals surface area contributed by atoms with Gasteiger partial charge in [-0.15, -0.1) is 0 Å². The summed E-state index contributed by atoms with van der Waals surface area (Å²) in [5.41, 5.74) is 6.12. The van der Waals surface area contributed by atoms with Gasteiger partial charge < -0.3 is 15.2 Å². The first-order valence-electron chi connectivity index (χ1n) is 6.43. The Balaban J connectivity index is 2.28. The van der Waals surface area contributed by atoms with Crippen LogP contribution in [0.25, 0.3) is 0 Å². The number of hydrogen-bond acceptors (Lipinski definition) is 3. The van der Waals surface area contributed by atoms with Crippen LogP contribution in [0.1, 0.15) is 30.9 Å². The van der Waals surface area contributed by atoms with Crippen LogP contribution < -0.4 is 5.73 Å². The van der Waals surface area contributed by atoms with Gasteiger partial charge in [-0.05, 0) is 12.5 Å². The number of nitrogen functional groups attached to an aromatic ring is 1. The molecule has 0 aromatic heterocycles. The lowest BCUT2D eigenvalue weighted by Crippen LogP contribution is -2.12.